The molecule has 0 aliphatic rings. The minimum atomic E-state index is -0.734. The van der Waals surface area contributed by atoms with Crippen LogP contribution >= 0.6 is 0 Å². The number of hydrogen-bond acceptors (Lipinski definition) is 6. The second-order valence-electron chi connectivity index (χ2n) is 3.01. The van der Waals surface area contributed by atoms with Crippen molar-refractivity contribution in [2.75, 3.05) is 6.54 Å². The van der Waals surface area contributed by atoms with Crippen molar-refractivity contribution in [2.24, 2.45) is 12.9 Å². The summed E-state index contributed by atoms with van der Waals surface area (Å²) in [6.07, 6.45) is 0.968. The third kappa shape index (κ3) is 2.75. The summed E-state index contributed by atoms with van der Waals surface area (Å²) >= 11 is 0. The van der Waals surface area contributed by atoms with E-state index in [2.05, 4.69) is 10.3 Å². The van der Waals surface area contributed by atoms with Crippen molar-refractivity contribution < 1.29 is 14.5 Å². The van der Waals surface area contributed by atoms with E-state index in [4.69, 9.17) is 5.84 Å². The third-order valence-electron chi connectivity index (χ3n) is 1.94. The summed E-state index contributed by atoms with van der Waals surface area (Å²) in [5, 5.41) is 12.7. The molecule has 4 N–H and O–H groups in total. The van der Waals surface area contributed by atoms with Gasteiger partial charge < -0.3 is 15.4 Å². The van der Waals surface area contributed by atoms with Crippen molar-refractivity contribution in [3.63, 3.8) is 0 Å². The van der Waals surface area contributed by atoms with Crippen LogP contribution in [0.2, 0.25) is 0 Å². The molecule has 0 radical (unpaired) electrons. The predicted molar refractivity (Wildman–Crippen MR) is 54.9 cm³/mol. The van der Waals surface area contributed by atoms with Crippen molar-refractivity contribution in [3.8, 4) is 0 Å². The first kappa shape index (κ1) is 12.6. The number of carbonyl (C=O) groups is 2. The number of nitrogens with two attached hydrogens (primary N) is 1. The summed E-state index contributed by atoms with van der Waals surface area (Å²) in [7, 11) is 1.33. The van der Waals surface area contributed by atoms with Crippen LogP contribution in [-0.2, 0) is 7.05 Å². The Balaban J connectivity index is 2.76. The number of amides is 2. The molecule has 0 aliphatic carbocycles. The highest BCUT2D eigenvalue weighted by atomic mass is 16.6. The van der Waals surface area contributed by atoms with Crippen LogP contribution in [0.3, 0.4) is 0 Å². The average molecular weight is 242 g/mol. The number of hydrogen-bond donors (Lipinski definition) is 3. The molecular formula is C7H10N6O4. The number of carbonyl (C=O) groups excluding carboxylic acids is 2. The molecule has 0 aromatic carbocycles. The molecule has 17 heavy (non-hydrogen) atoms. The molecule has 92 valence electrons. The summed E-state index contributed by atoms with van der Waals surface area (Å²) in [6, 6.07) is -0.734. The fourth-order valence-electron chi connectivity index (χ4n) is 1.12. The lowest BCUT2D eigenvalue weighted by Gasteiger charge is -2.01. The van der Waals surface area contributed by atoms with Crippen molar-refractivity contribution in [2.45, 2.75) is 0 Å². The first-order chi connectivity index (χ1) is 7.97. The standard InChI is InChI=1S/C7H10N6O4/c1-12-5(13(16)17)3-9-6(12)4(14)2-10-7(15)11-8/h3H,2,8H2,1H3,(H2,10,11,15). The fourth-order valence-corrected chi connectivity index (χ4v) is 1.12. The number of urea groups is 1. The molecule has 0 fully saturated rings. The second-order valence-corrected chi connectivity index (χ2v) is 3.01. The topological polar surface area (TPSA) is 145 Å². The molecule has 0 unspecified atom stereocenters. The maximum Gasteiger partial charge on any atom is 0.343 e. The molecule has 0 spiro atoms. The van der Waals surface area contributed by atoms with Gasteiger partial charge in [-0.25, -0.2) is 20.2 Å². The lowest BCUT2D eigenvalue weighted by Crippen LogP contribution is -2.42. The Morgan fingerprint density at radius 1 is 1.65 bits per heavy atom. The van der Waals surface area contributed by atoms with Gasteiger partial charge in [0.05, 0.1) is 13.6 Å². The first-order valence-electron chi connectivity index (χ1n) is 4.41. The molecule has 1 heterocycles. The van der Waals surface area contributed by atoms with Gasteiger partial charge >= 0.3 is 11.8 Å². The molecule has 0 saturated heterocycles. The van der Waals surface area contributed by atoms with Gasteiger partial charge in [-0.3, -0.25) is 10.2 Å². The average Bonchev–Trinajstić information content (AvgIpc) is 2.67. The Morgan fingerprint density at radius 2 is 2.29 bits per heavy atom. The summed E-state index contributed by atoms with van der Waals surface area (Å²) < 4.78 is 1.03. The van der Waals surface area contributed by atoms with E-state index in [1.807, 2.05) is 0 Å². The van der Waals surface area contributed by atoms with Gasteiger partial charge in [-0.2, -0.15) is 0 Å². The van der Waals surface area contributed by atoms with Crippen molar-refractivity contribution >= 4 is 17.6 Å². The molecule has 10 nitrogen and oxygen atoms in total. The molecule has 0 atom stereocenters. The fraction of sp³-hybridized carbons (Fsp3) is 0.286. The largest absolute Gasteiger partial charge is 0.358 e. The highest BCUT2D eigenvalue weighted by Crippen LogP contribution is 2.11. The van der Waals surface area contributed by atoms with E-state index in [0.717, 1.165) is 10.8 Å². The van der Waals surface area contributed by atoms with Crippen LogP contribution in [0.1, 0.15) is 10.6 Å². The number of imidazole rings is 1. The van der Waals surface area contributed by atoms with Gasteiger partial charge in [-0.15, -0.1) is 0 Å². The van der Waals surface area contributed by atoms with Crippen molar-refractivity contribution in [1.29, 1.82) is 0 Å². The van der Waals surface area contributed by atoms with Gasteiger partial charge in [-0.1, -0.05) is 0 Å². The number of nitrogens with one attached hydrogen (secondary N) is 2. The zero-order chi connectivity index (χ0) is 13.0. The Morgan fingerprint density at radius 3 is 2.76 bits per heavy atom. The van der Waals surface area contributed by atoms with Crippen molar-refractivity contribution in [3.05, 3.63) is 22.1 Å². The molecule has 1 rings (SSSR count). The van der Waals surface area contributed by atoms with E-state index in [0.29, 0.717) is 0 Å². The van der Waals surface area contributed by atoms with Gasteiger partial charge in [0.25, 0.3) is 5.82 Å². The Hall–Kier alpha value is -2.49. The quantitative estimate of drug-likeness (QED) is 0.196. The van der Waals surface area contributed by atoms with E-state index in [1.54, 1.807) is 5.43 Å². The number of hydrazine groups is 1. The van der Waals surface area contributed by atoms with Gasteiger partial charge in [0.1, 0.15) is 6.20 Å². The smallest absolute Gasteiger partial charge is 0.343 e. The maximum atomic E-state index is 11.5. The number of aromatic nitrogens is 2. The molecule has 10 heteroatoms. The maximum absolute atomic E-state index is 11.5. The van der Waals surface area contributed by atoms with Crippen LogP contribution < -0.4 is 16.6 Å². The number of Topliss-reactive ketones (excluding diaryl/α,β-unsaturated/α-hetero) is 1. The summed E-state index contributed by atoms with van der Waals surface area (Å²) in [5.41, 5.74) is 1.77. The molecule has 0 aliphatic heterocycles. The minimum absolute atomic E-state index is 0.117. The molecule has 1 aromatic heterocycles. The third-order valence-corrected chi connectivity index (χ3v) is 1.94. The zero-order valence-corrected chi connectivity index (χ0v) is 8.84. The number of ketones is 1. The predicted octanol–water partition coefficient (Wildman–Crippen LogP) is -1.32. The van der Waals surface area contributed by atoms with Crippen LogP contribution in [0.4, 0.5) is 10.6 Å². The van der Waals surface area contributed by atoms with Crippen LogP contribution in [-0.4, -0.2) is 32.8 Å². The van der Waals surface area contributed by atoms with Gasteiger partial charge in [-0.05, 0) is 4.92 Å². The van der Waals surface area contributed by atoms with E-state index in [9.17, 15) is 19.7 Å². The Kier molecular flexibility index (Phi) is 3.72. The van der Waals surface area contributed by atoms with Gasteiger partial charge in [0.15, 0.2) is 0 Å². The SMILES string of the molecule is Cn1c([N+](=O)[O-])cnc1C(=O)CNC(=O)NN. The van der Waals surface area contributed by atoms with Crippen molar-refractivity contribution in [1.82, 2.24) is 20.3 Å². The van der Waals surface area contributed by atoms with Crippen LogP contribution in [0.5, 0.6) is 0 Å². The highest BCUT2D eigenvalue weighted by Gasteiger charge is 2.22. The lowest BCUT2D eigenvalue weighted by molar-refractivity contribution is -0.391. The zero-order valence-electron chi connectivity index (χ0n) is 8.84. The molecule has 0 saturated carbocycles. The molecule has 2 amide bonds. The number of rotatable bonds is 4. The highest BCUT2D eigenvalue weighted by molar-refractivity contribution is 5.96. The number of nitro groups is 1. The molecule has 0 bridgehead atoms. The molecule has 1 aromatic rings. The van der Waals surface area contributed by atoms with Crippen LogP contribution in [0.15, 0.2) is 6.20 Å². The van der Waals surface area contributed by atoms with E-state index >= 15 is 0 Å². The number of nitrogens with zero attached hydrogens (tertiary/aromatic N) is 3. The first-order valence-corrected chi connectivity index (χ1v) is 4.41. The van der Waals surface area contributed by atoms with E-state index < -0.39 is 16.7 Å². The normalized spacial score (nSPS) is 9.76. The summed E-state index contributed by atoms with van der Waals surface area (Å²) in [4.78, 5) is 35.7. The van der Waals surface area contributed by atoms with Gasteiger partial charge in [0.2, 0.25) is 5.78 Å². The molecular weight excluding hydrogens is 232 g/mol. The van der Waals surface area contributed by atoms with E-state index in [1.165, 1.54) is 7.05 Å². The van der Waals surface area contributed by atoms with E-state index in [-0.39, 0.29) is 18.2 Å². The summed E-state index contributed by atoms with van der Waals surface area (Å²) in [6.45, 7) is -0.356. The lowest BCUT2D eigenvalue weighted by atomic mass is 10.3. The second kappa shape index (κ2) is 5.03. The van der Waals surface area contributed by atoms with Crippen LogP contribution in [0.25, 0.3) is 0 Å². The van der Waals surface area contributed by atoms with Crippen LogP contribution in [0, 0.1) is 10.1 Å². The monoisotopic (exact) mass is 242 g/mol. The Bertz CT molecular complexity index is 467. The summed E-state index contributed by atoms with van der Waals surface area (Å²) in [5.74, 6) is 3.80. The minimum Gasteiger partial charge on any atom is -0.358 e. The van der Waals surface area contributed by atoms with Gasteiger partial charge in [0, 0.05) is 0 Å². The Labute approximate surface area is 94.9 Å².